The molecule has 23 heavy (non-hydrogen) atoms. The maximum absolute atomic E-state index is 13.6. The standard InChI is InChI=1S/C18H15FN2OS/c1-11-8-9-14(10-15(11)19)21-18(22)17-16(20-12(2)23-17)13-6-4-3-5-7-13/h3-10H,1-2H3,(H,21,22). The monoisotopic (exact) mass is 326 g/mol. The van der Waals surface area contributed by atoms with E-state index in [0.717, 1.165) is 10.6 Å². The van der Waals surface area contributed by atoms with Crippen molar-refractivity contribution in [1.82, 2.24) is 4.98 Å². The van der Waals surface area contributed by atoms with Gasteiger partial charge in [-0.25, -0.2) is 9.37 Å². The lowest BCUT2D eigenvalue weighted by Crippen LogP contribution is -2.11. The van der Waals surface area contributed by atoms with Crippen LogP contribution in [-0.4, -0.2) is 10.9 Å². The van der Waals surface area contributed by atoms with Crippen molar-refractivity contribution in [1.29, 1.82) is 0 Å². The highest BCUT2D eigenvalue weighted by atomic mass is 32.1. The maximum Gasteiger partial charge on any atom is 0.268 e. The van der Waals surface area contributed by atoms with Gasteiger partial charge in [0.25, 0.3) is 5.91 Å². The molecule has 0 aliphatic rings. The minimum Gasteiger partial charge on any atom is -0.321 e. The Bertz CT molecular complexity index is 859. The second-order valence-electron chi connectivity index (χ2n) is 5.19. The summed E-state index contributed by atoms with van der Waals surface area (Å²) in [5.41, 5.74) is 2.51. The molecule has 2 aromatic carbocycles. The molecule has 116 valence electrons. The van der Waals surface area contributed by atoms with Crippen molar-refractivity contribution in [3.05, 3.63) is 69.8 Å². The predicted octanol–water partition coefficient (Wildman–Crippen LogP) is 4.82. The number of halogens is 1. The summed E-state index contributed by atoms with van der Waals surface area (Å²) >= 11 is 1.33. The van der Waals surface area contributed by atoms with E-state index in [1.54, 1.807) is 19.1 Å². The van der Waals surface area contributed by atoms with Crippen molar-refractivity contribution in [3.63, 3.8) is 0 Å². The highest BCUT2D eigenvalue weighted by molar-refractivity contribution is 7.14. The van der Waals surface area contributed by atoms with Gasteiger partial charge in [-0.1, -0.05) is 36.4 Å². The highest BCUT2D eigenvalue weighted by Crippen LogP contribution is 2.28. The Kier molecular flexibility index (Phi) is 4.21. The van der Waals surface area contributed by atoms with Crippen LogP contribution in [-0.2, 0) is 0 Å². The smallest absolute Gasteiger partial charge is 0.268 e. The lowest BCUT2D eigenvalue weighted by molar-refractivity contribution is 0.103. The fourth-order valence-electron chi connectivity index (χ4n) is 2.23. The minimum atomic E-state index is -0.341. The number of carbonyl (C=O) groups excluding carboxylic acids is 1. The molecule has 0 aliphatic carbocycles. The molecular weight excluding hydrogens is 311 g/mol. The summed E-state index contributed by atoms with van der Waals surface area (Å²) in [7, 11) is 0. The number of hydrogen-bond acceptors (Lipinski definition) is 3. The van der Waals surface area contributed by atoms with Crippen molar-refractivity contribution >= 4 is 22.9 Å². The topological polar surface area (TPSA) is 42.0 Å². The van der Waals surface area contributed by atoms with Crippen LogP contribution in [0, 0.1) is 19.7 Å². The van der Waals surface area contributed by atoms with Gasteiger partial charge in [0.05, 0.1) is 10.7 Å². The zero-order valence-corrected chi connectivity index (χ0v) is 13.6. The number of benzene rings is 2. The van der Waals surface area contributed by atoms with Gasteiger partial charge in [-0.05, 0) is 31.5 Å². The van der Waals surface area contributed by atoms with Crippen LogP contribution in [0.1, 0.15) is 20.2 Å². The summed E-state index contributed by atoms with van der Waals surface area (Å²) in [5.74, 6) is -0.621. The van der Waals surface area contributed by atoms with Crippen LogP contribution in [0.4, 0.5) is 10.1 Å². The van der Waals surface area contributed by atoms with E-state index in [1.165, 1.54) is 17.4 Å². The first-order chi connectivity index (χ1) is 11.0. The van der Waals surface area contributed by atoms with Gasteiger partial charge in [-0.3, -0.25) is 4.79 Å². The molecule has 0 saturated heterocycles. The first-order valence-corrected chi connectivity index (χ1v) is 7.96. The molecule has 0 spiro atoms. The van der Waals surface area contributed by atoms with Gasteiger partial charge >= 0.3 is 0 Å². The fraction of sp³-hybridized carbons (Fsp3) is 0.111. The maximum atomic E-state index is 13.6. The number of hydrogen-bond donors (Lipinski definition) is 1. The van der Waals surface area contributed by atoms with E-state index in [2.05, 4.69) is 10.3 Å². The van der Waals surface area contributed by atoms with Gasteiger partial charge in [-0.2, -0.15) is 0 Å². The molecular formula is C18H15FN2OS. The summed E-state index contributed by atoms with van der Waals surface area (Å²) in [5, 5.41) is 3.55. The number of amides is 1. The highest BCUT2D eigenvalue weighted by Gasteiger charge is 2.18. The van der Waals surface area contributed by atoms with E-state index >= 15 is 0 Å². The predicted molar refractivity (Wildman–Crippen MR) is 91.4 cm³/mol. The molecule has 1 heterocycles. The summed E-state index contributed by atoms with van der Waals surface area (Å²) in [6.45, 7) is 3.54. The van der Waals surface area contributed by atoms with Crippen LogP contribution in [0.3, 0.4) is 0 Å². The molecule has 3 aromatic rings. The zero-order chi connectivity index (χ0) is 16.4. The van der Waals surface area contributed by atoms with Gasteiger partial charge in [0.15, 0.2) is 0 Å². The molecule has 0 saturated carbocycles. The van der Waals surface area contributed by atoms with E-state index in [-0.39, 0.29) is 11.7 Å². The second-order valence-corrected chi connectivity index (χ2v) is 6.40. The molecule has 0 radical (unpaired) electrons. The third-order valence-corrected chi connectivity index (χ3v) is 4.39. The normalized spacial score (nSPS) is 10.6. The molecule has 0 bridgehead atoms. The van der Waals surface area contributed by atoms with Gasteiger partial charge in [0.2, 0.25) is 0 Å². The SMILES string of the molecule is Cc1nc(-c2ccccc2)c(C(=O)Nc2ccc(C)c(F)c2)s1. The van der Waals surface area contributed by atoms with Gasteiger partial charge in [0.1, 0.15) is 10.7 Å². The van der Waals surface area contributed by atoms with Crippen LogP contribution in [0.15, 0.2) is 48.5 Å². The molecule has 5 heteroatoms. The van der Waals surface area contributed by atoms with Crippen LogP contribution in [0.2, 0.25) is 0 Å². The third kappa shape index (κ3) is 3.29. The third-order valence-electron chi connectivity index (χ3n) is 3.42. The number of aryl methyl sites for hydroxylation is 2. The Balaban J connectivity index is 1.92. The van der Waals surface area contributed by atoms with E-state index in [4.69, 9.17) is 0 Å². The van der Waals surface area contributed by atoms with E-state index < -0.39 is 0 Å². The average molecular weight is 326 g/mol. The molecule has 0 atom stereocenters. The quantitative estimate of drug-likeness (QED) is 0.750. The first kappa shape index (κ1) is 15.4. The Hall–Kier alpha value is -2.53. The van der Waals surface area contributed by atoms with Crippen molar-refractivity contribution in [2.75, 3.05) is 5.32 Å². The molecule has 0 aliphatic heterocycles. The van der Waals surface area contributed by atoms with Crippen molar-refractivity contribution in [2.45, 2.75) is 13.8 Å². The van der Waals surface area contributed by atoms with Crippen molar-refractivity contribution in [3.8, 4) is 11.3 Å². The first-order valence-electron chi connectivity index (χ1n) is 7.15. The fourth-order valence-corrected chi connectivity index (χ4v) is 3.07. The van der Waals surface area contributed by atoms with Crippen molar-refractivity contribution in [2.24, 2.45) is 0 Å². The number of thiazole rings is 1. The molecule has 3 nitrogen and oxygen atoms in total. The number of carbonyl (C=O) groups is 1. The summed E-state index contributed by atoms with van der Waals surface area (Å²) < 4.78 is 13.6. The van der Waals surface area contributed by atoms with Gasteiger partial charge in [0, 0.05) is 11.3 Å². The minimum absolute atomic E-state index is 0.280. The lowest BCUT2D eigenvalue weighted by atomic mass is 10.1. The zero-order valence-electron chi connectivity index (χ0n) is 12.8. The Morgan fingerprint density at radius 3 is 2.57 bits per heavy atom. The van der Waals surface area contributed by atoms with Crippen molar-refractivity contribution < 1.29 is 9.18 Å². The van der Waals surface area contributed by atoms with Crippen LogP contribution in [0.25, 0.3) is 11.3 Å². The average Bonchev–Trinajstić information content (AvgIpc) is 2.94. The largest absolute Gasteiger partial charge is 0.321 e. The lowest BCUT2D eigenvalue weighted by Gasteiger charge is -2.06. The Labute approximate surface area is 137 Å². The number of nitrogens with one attached hydrogen (secondary N) is 1. The number of rotatable bonds is 3. The molecule has 1 aromatic heterocycles. The number of anilines is 1. The molecule has 0 fully saturated rings. The number of aromatic nitrogens is 1. The van der Waals surface area contributed by atoms with Crippen LogP contribution < -0.4 is 5.32 Å². The molecule has 3 rings (SSSR count). The van der Waals surface area contributed by atoms with Gasteiger partial charge in [-0.15, -0.1) is 11.3 Å². The van der Waals surface area contributed by atoms with Crippen LogP contribution in [0.5, 0.6) is 0 Å². The summed E-state index contributed by atoms with van der Waals surface area (Å²) in [6.07, 6.45) is 0. The molecule has 1 N–H and O–H groups in total. The Morgan fingerprint density at radius 1 is 1.13 bits per heavy atom. The van der Waals surface area contributed by atoms with Crippen LogP contribution >= 0.6 is 11.3 Å². The summed E-state index contributed by atoms with van der Waals surface area (Å²) in [6, 6.07) is 14.2. The second kappa shape index (κ2) is 6.30. The number of nitrogens with zero attached hydrogens (tertiary/aromatic N) is 1. The van der Waals surface area contributed by atoms with E-state index in [9.17, 15) is 9.18 Å². The molecule has 0 unspecified atom stereocenters. The van der Waals surface area contributed by atoms with Gasteiger partial charge < -0.3 is 5.32 Å². The van der Waals surface area contributed by atoms with E-state index in [0.29, 0.717) is 21.8 Å². The molecule has 1 amide bonds. The Morgan fingerprint density at radius 2 is 1.87 bits per heavy atom. The summed E-state index contributed by atoms with van der Waals surface area (Å²) in [4.78, 5) is 17.5. The van der Waals surface area contributed by atoms with E-state index in [1.807, 2.05) is 37.3 Å².